The van der Waals surface area contributed by atoms with Crippen LogP contribution in [0.25, 0.3) is 0 Å². The van der Waals surface area contributed by atoms with Crippen molar-refractivity contribution in [1.29, 1.82) is 0 Å². The second kappa shape index (κ2) is 4.97. The van der Waals surface area contributed by atoms with Gasteiger partial charge in [0.2, 0.25) is 0 Å². The van der Waals surface area contributed by atoms with Crippen molar-refractivity contribution in [3.8, 4) is 0 Å². The molecule has 1 aromatic rings. The lowest BCUT2D eigenvalue weighted by Crippen LogP contribution is -2.39. The van der Waals surface area contributed by atoms with E-state index in [0.29, 0.717) is 10.0 Å². The number of nitrogens with one attached hydrogen (secondary N) is 3. The number of thioether (sulfide) groups is 1. The van der Waals surface area contributed by atoms with Gasteiger partial charge in [0.25, 0.3) is 5.91 Å². The maximum Gasteiger partial charge on any atom is 0.290 e. The first kappa shape index (κ1) is 11.0. The van der Waals surface area contributed by atoms with Crippen LogP contribution in [-0.2, 0) is 0 Å². The Labute approximate surface area is 91.0 Å². The number of hydrazine groups is 1. The van der Waals surface area contributed by atoms with E-state index >= 15 is 0 Å². The second-order valence-electron chi connectivity index (χ2n) is 2.51. The normalized spacial score (nSPS) is 9.57. The number of carbonyl (C=O) groups excluding carboxylic acids is 1. The zero-order valence-corrected chi connectivity index (χ0v) is 9.38. The predicted molar refractivity (Wildman–Crippen MR) is 60.0 cm³/mol. The van der Waals surface area contributed by atoms with E-state index in [1.54, 1.807) is 6.07 Å². The summed E-state index contributed by atoms with van der Waals surface area (Å²) in [5, 5.41) is 6.47. The highest BCUT2D eigenvalue weighted by Gasteiger charge is 2.08. The van der Waals surface area contributed by atoms with Crippen LogP contribution in [0, 0.1) is 6.92 Å². The largest absolute Gasteiger partial charge is 0.290 e. The third-order valence-electron chi connectivity index (χ3n) is 1.40. The first-order valence-electron chi connectivity index (χ1n) is 3.80. The minimum absolute atomic E-state index is 0.314. The average molecular weight is 230 g/mol. The van der Waals surface area contributed by atoms with Gasteiger partial charge in [-0.3, -0.25) is 20.7 Å². The Morgan fingerprint density at radius 1 is 1.64 bits per heavy atom. The summed E-state index contributed by atoms with van der Waals surface area (Å²) < 4.78 is 0.505. The monoisotopic (exact) mass is 230 g/mol. The lowest BCUT2D eigenvalue weighted by molar-refractivity contribution is 0.0939. The lowest BCUT2D eigenvalue weighted by atomic mass is 10.4. The maximum absolute atomic E-state index is 11.4. The number of aromatic amines is 1. The molecule has 0 saturated carbocycles. The third-order valence-corrected chi connectivity index (χ3v) is 2.48. The molecule has 0 radical (unpaired) electrons. The van der Waals surface area contributed by atoms with Gasteiger partial charge in [-0.15, -0.1) is 0 Å². The molecule has 3 N–H and O–H groups in total. The minimum Gasteiger partial charge on any atom is -0.283 e. The van der Waals surface area contributed by atoms with E-state index < -0.39 is 0 Å². The van der Waals surface area contributed by atoms with Gasteiger partial charge >= 0.3 is 0 Å². The Hall–Kier alpha value is -1.08. The molecule has 0 fully saturated rings. The molecule has 5 nitrogen and oxygen atoms in total. The highest BCUT2D eigenvalue weighted by atomic mass is 32.2. The highest BCUT2D eigenvalue weighted by molar-refractivity contribution is 8.22. The first-order chi connectivity index (χ1) is 6.63. The number of thiocarbonyl (C=S) groups is 1. The van der Waals surface area contributed by atoms with Crippen LogP contribution in [0.1, 0.15) is 16.2 Å². The second-order valence-corrected chi connectivity index (χ2v) is 3.99. The zero-order valence-electron chi connectivity index (χ0n) is 7.75. The van der Waals surface area contributed by atoms with Crippen molar-refractivity contribution in [1.82, 2.24) is 21.0 Å². The molecule has 0 unspecified atom stereocenters. The van der Waals surface area contributed by atoms with Gasteiger partial charge in [-0.25, -0.2) is 0 Å². The van der Waals surface area contributed by atoms with Crippen LogP contribution in [0.5, 0.6) is 0 Å². The van der Waals surface area contributed by atoms with Crippen LogP contribution in [-0.4, -0.2) is 26.7 Å². The Morgan fingerprint density at radius 2 is 2.36 bits per heavy atom. The molecule has 0 aliphatic rings. The van der Waals surface area contributed by atoms with E-state index in [1.165, 1.54) is 11.8 Å². The molecule has 1 rings (SSSR count). The molecule has 0 spiro atoms. The van der Waals surface area contributed by atoms with E-state index in [2.05, 4.69) is 21.0 Å². The number of aryl methyl sites for hydroxylation is 1. The Morgan fingerprint density at radius 3 is 2.86 bits per heavy atom. The van der Waals surface area contributed by atoms with Gasteiger partial charge in [0.05, 0.1) is 0 Å². The molecule has 76 valence electrons. The number of hydrogen-bond donors (Lipinski definition) is 3. The van der Waals surface area contributed by atoms with Gasteiger partial charge in [-0.1, -0.05) is 24.0 Å². The van der Waals surface area contributed by atoms with Crippen molar-refractivity contribution in [3.63, 3.8) is 0 Å². The number of nitrogens with zero attached hydrogens (tertiary/aromatic N) is 1. The highest BCUT2D eigenvalue weighted by Crippen LogP contribution is 1.97. The van der Waals surface area contributed by atoms with Crippen LogP contribution >= 0.6 is 24.0 Å². The van der Waals surface area contributed by atoms with Crippen LogP contribution in [0.2, 0.25) is 0 Å². The number of hydrogen-bond acceptors (Lipinski definition) is 4. The number of aromatic nitrogens is 2. The fraction of sp³-hybridized carbons (Fsp3) is 0.286. The molecule has 0 bridgehead atoms. The summed E-state index contributed by atoms with van der Waals surface area (Å²) >= 11 is 6.18. The standard InChI is InChI=1S/C7H10N4OS2/c1-4-3-5(9-8-4)6(12)10-11-7(13)14-2/h3H,1-2H3,(H,8,9)(H,10,12)(H,11,13). The van der Waals surface area contributed by atoms with Crippen molar-refractivity contribution in [2.45, 2.75) is 6.92 Å². The summed E-state index contributed by atoms with van der Waals surface area (Å²) in [5.74, 6) is -0.314. The molecule has 14 heavy (non-hydrogen) atoms. The fourth-order valence-corrected chi connectivity index (χ4v) is 0.961. The summed E-state index contributed by atoms with van der Waals surface area (Å²) in [6, 6.07) is 1.65. The Bertz CT molecular complexity index is 349. The molecule has 7 heteroatoms. The van der Waals surface area contributed by atoms with Crippen LogP contribution < -0.4 is 10.9 Å². The summed E-state index contributed by atoms with van der Waals surface area (Å²) in [7, 11) is 0. The number of amides is 1. The van der Waals surface area contributed by atoms with Gasteiger partial charge < -0.3 is 0 Å². The Kier molecular flexibility index (Phi) is 3.90. The van der Waals surface area contributed by atoms with Crippen molar-refractivity contribution in [3.05, 3.63) is 17.5 Å². The van der Waals surface area contributed by atoms with Crippen molar-refractivity contribution < 1.29 is 4.79 Å². The zero-order chi connectivity index (χ0) is 10.6. The molecule has 0 atom stereocenters. The van der Waals surface area contributed by atoms with E-state index in [9.17, 15) is 4.79 Å². The van der Waals surface area contributed by atoms with Crippen molar-refractivity contribution in [2.75, 3.05) is 6.26 Å². The molecule has 0 saturated heterocycles. The summed E-state index contributed by atoms with van der Waals surface area (Å²) in [5.41, 5.74) is 6.18. The predicted octanol–water partition coefficient (Wildman–Crippen LogP) is 0.600. The van der Waals surface area contributed by atoms with E-state index in [0.717, 1.165) is 5.69 Å². The smallest absolute Gasteiger partial charge is 0.283 e. The number of H-pyrrole nitrogens is 1. The van der Waals surface area contributed by atoms with E-state index in [1.807, 2.05) is 13.2 Å². The molecule has 0 aliphatic carbocycles. The molecule has 0 aromatic carbocycles. The topological polar surface area (TPSA) is 69.8 Å². The van der Waals surface area contributed by atoms with Crippen LogP contribution in [0.15, 0.2) is 6.07 Å². The van der Waals surface area contributed by atoms with Crippen LogP contribution in [0.3, 0.4) is 0 Å². The lowest BCUT2D eigenvalue weighted by Gasteiger charge is -2.04. The van der Waals surface area contributed by atoms with Gasteiger partial charge in [0, 0.05) is 5.69 Å². The van der Waals surface area contributed by atoms with E-state index in [-0.39, 0.29) is 5.91 Å². The van der Waals surface area contributed by atoms with Gasteiger partial charge in [0.1, 0.15) is 0 Å². The number of carbonyl (C=O) groups is 1. The van der Waals surface area contributed by atoms with Gasteiger partial charge in [-0.05, 0) is 19.2 Å². The summed E-state index contributed by atoms with van der Waals surface area (Å²) in [6.07, 6.45) is 1.82. The molecule has 0 aliphatic heterocycles. The molecule has 1 heterocycles. The molecular weight excluding hydrogens is 220 g/mol. The summed E-state index contributed by atoms with van der Waals surface area (Å²) in [4.78, 5) is 11.4. The molecule has 1 amide bonds. The quantitative estimate of drug-likeness (QED) is 0.487. The minimum atomic E-state index is -0.314. The van der Waals surface area contributed by atoms with Gasteiger partial charge in [0.15, 0.2) is 10.0 Å². The van der Waals surface area contributed by atoms with Gasteiger partial charge in [-0.2, -0.15) is 5.10 Å². The molecular formula is C7H10N4OS2. The average Bonchev–Trinajstić information content (AvgIpc) is 2.60. The van der Waals surface area contributed by atoms with Crippen molar-refractivity contribution in [2.24, 2.45) is 0 Å². The number of rotatable bonds is 1. The summed E-state index contributed by atoms with van der Waals surface area (Å²) in [6.45, 7) is 1.82. The maximum atomic E-state index is 11.4. The molecule has 1 aromatic heterocycles. The first-order valence-corrected chi connectivity index (χ1v) is 5.43. The SMILES string of the molecule is CSC(=S)NNC(=O)c1cc(C)[nH]n1. The van der Waals surface area contributed by atoms with Crippen molar-refractivity contribution >= 4 is 34.2 Å². The fourth-order valence-electron chi connectivity index (χ4n) is 0.757. The van der Waals surface area contributed by atoms with Crippen LogP contribution in [0.4, 0.5) is 0 Å². The van der Waals surface area contributed by atoms with E-state index in [4.69, 9.17) is 12.2 Å². The Balaban J connectivity index is 2.47. The third kappa shape index (κ3) is 3.00.